The van der Waals surface area contributed by atoms with Crippen molar-refractivity contribution in [2.24, 2.45) is 5.41 Å². The van der Waals surface area contributed by atoms with Crippen LogP contribution in [0, 0.1) is 5.41 Å². The summed E-state index contributed by atoms with van der Waals surface area (Å²) in [6, 6.07) is -1.41. The molecule has 0 radical (unpaired) electrons. The van der Waals surface area contributed by atoms with Gasteiger partial charge >= 0.3 is 12.0 Å². The highest BCUT2D eigenvalue weighted by Gasteiger charge is 2.34. The average Bonchev–Trinajstić information content (AvgIpc) is 2.48. The van der Waals surface area contributed by atoms with Crippen molar-refractivity contribution in [2.45, 2.75) is 33.2 Å². The molecule has 1 aliphatic heterocycles. The van der Waals surface area contributed by atoms with Gasteiger partial charge in [0.05, 0.1) is 0 Å². The maximum absolute atomic E-state index is 12.0. The molecule has 7 heteroatoms. The van der Waals surface area contributed by atoms with Crippen molar-refractivity contribution < 1.29 is 19.5 Å². The van der Waals surface area contributed by atoms with Gasteiger partial charge in [-0.25, -0.2) is 9.59 Å². The van der Waals surface area contributed by atoms with E-state index in [1.54, 1.807) is 20.8 Å². The van der Waals surface area contributed by atoms with Gasteiger partial charge in [-0.3, -0.25) is 4.79 Å². The van der Waals surface area contributed by atoms with Crippen LogP contribution in [0.2, 0.25) is 0 Å². The summed E-state index contributed by atoms with van der Waals surface area (Å²) in [7, 11) is 0. The third kappa shape index (κ3) is 4.42. The molecule has 0 aromatic carbocycles. The van der Waals surface area contributed by atoms with Crippen LogP contribution < -0.4 is 10.6 Å². The molecule has 0 aliphatic carbocycles. The van der Waals surface area contributed by atoms with Gasteiger partial charge in [0.15, 0.2) is 0 Å². The smallest absolute Gasteiger partial charge is 0.326 e. The van der Waals surface area contributed by atoms with Crippen LogP contribution in [0.1, 0.15) is 27.2 Å². The minimum absolute atomic E-state index is 0.0964. The van der Waals surface area contributed by atoms with Gasteiger partial charge in [0.1, 0.15) is 6.04 Å². The maximum Gasteiger partial charge on any atom is 0.326 e. The van der Waals surface area contributed by atoms with Crippen LogP contribution in [0.4, 0.5) is 4.79 Å². The lowest BCUT2D eigenvalue weighted by molar-refractivity contribution is -0.142. The third-order valence-corrected chi connectivity index (χ3v) is 2.98. The topological polar surface area (TPSA) is 98.7 Å². The summed E-state index contributed by atoms with van der Waals surface area (Å²) in [5, 5.41) is 14.3. The summed E-state index contributed by atoms with van der Waals surface area (Å²) in [4.78, 5) is 35.9. The zero-order chi connectivity index (χ0) is 14.6. The molecule has 1 saturated heterocycles. The summed E-state index contributed by atoms with van der Waals surface area (Å²) in [6.45, 7) is 6.32. The summed E-state index contributed by atoms with van der Waals surface area (Å²) in [5.41, 5.74) is -0.582. The lowest BCUT2D eigenvalue weighted by Gasteiger charge is -2.30. The second-order valence-corrected chi connectivity index (χ2v) is 5.67. The molecule has 0 bridgehead atoms. The van der Waals surface area contributed by atoms with E-state index in [1.165, 1.54) is 4.90 Å². The van der Waals surface area contributed by atoms with Crippen LogP contribution in [0.5, 0.6) is 0 Å². The zero-order valence-corrected chi connectivity index (χ0v) is 11.5. The molecule has 108 valence electrons. The second kappa shape index (κ2) is 5.90. The highest BCUT2D eigenvalue weighted by Crippen LogP contribution is 2.19. The van der Waals surface area contributed by atoms with Crippen LogP contribution in [-0.4, -0.2) is 53.6 Å². The molecule has 1 atom stereocenters. The number of urea groups is 1. The number of aliphatic carboxylic acids is 1. The summed E-state index contributed by atoms with van der Waals surface area (Å²) in [6.07, 6.45) is 0.237. The Morgan fingerprint density at radius 3 is 2.53 bits per heavy atom. The molecule has 1 fully saturated rings. The lowest BCUT2D eigenvalue weighted by atomic mass is 9.87. The Hall–Kier alpha value is -1.79. The number of nitrogens with zero attached hydrogens (tertiary/aromatic N) is 1. The summed E-state index contributed by atoms with van der Waals surface area (Å²) in [5.74, 6) is -1.16. The molecular weight excluding hydrogens is 250 g/mol. The monoisotopic (exact) mass is 271 g/mol. The molecule has 0 aromatic rings. The van der Waals surface area contributed by atoms with Gasteiger partial charge in [-0.05, 0) is 5.41 Å². The number of carbonyl (C=O) groups excluding carboxylic acids is 2. The standard InChI is InChI=1S/C12H21N3O4/c1-12(2,3)9(10(17)18)14-11(19)15-6-4-8(16)13-5-7-15/h9H,4-7H2,1-3H3,(H,13,16)(H,14,19)(H,17,18). The van der Waals surface area contributed by atoms with Crippen molar-refractivity contribution in [1.82, 2.24) is 15.5 Å². The molecule has 1 rings (SSSR count). The Kier molecular flexibility index (Phi) is 4.74. The molecule has 0 saturated carbocycles. The van der Waals surface area contributed by atoms with Crippen molar-refractivity contribution in [3.8, 4) is 0 Å². The SMILES string of the molecule is CC(C)(C)C(NC(=O)N1CCNC(=O)CC1)C(=O)O. The van der Waals surface area contributed by atoms with E-state index in [1.807, 2.05) is 0 Å². The van der Waals surface area contributed by atoms with E-state index < -0.39 is 23.5 Å². The fraction of sp³-hybridized carbons (Fsp3) is 0.750. The number of nitrogens with one attached hydrogen (secondary N) is 2. The number of hydrogen-bond acceptors (Lipinski definition) is 3. The minimum atomic E-state index is -1.06. The largest absolute Gasteiger partial charge is 0.480 e. The predicted molar refractivity (Wildman–Crippen MR) is 68.6 cm³/mol. The van der Waals surface area contributed by atoms with Crippen LogP contribution in [0.25, 0.3) is 0 Å². The Bertz CT molecular complexity index is 376. The maximum atomic E-state index is 12.0. The molecule has 3 amide bonds. The van der Waals surface area contributed by atoms with E-state index in [2.05, 4.69) is 10.6 Å². The molecule has 1 unspecified atom stereocenters. The van der Waals surface area contributed by atoms with Crippen LogP contribution in [0.3, 0.4) is 0 Å². The molecule has 0 spiro atoms. The first-order valence-corrected chi connectivity index (χ1v) is 6.27. The highest BCUT2D eigenvalue weighted by atomic mass is 16.4. The van der Waals surface area contributed by atoms with E-state index in [9.17, 15) is 14.4 Å². The van der Waals surface area contributed by atoms with E-state index in [0.29, 0.717) is 19.6 Å². The van der Waals surface area contributed by atoms with Crippen LogP contribution in [0.15, 0.2) is 0 Å². The van der Waals surface area contributed by atoms with Crippen molar-refractivity contribution in [1.29, 1.82) is 0 Å². The van der Waals surface area contributed by atoms with E-state index in [-0.39, 0.29) is 12.3 Å². The quantitative estimate of drug-likeness (QED) is 0.659. The molecule has 19 heavy (non-hydrogen) atoms. The normalized spacial score (nSPS) is 18.3. The number of carbonyl (C=O) groups is 3. The minimum Gasteiger partial charge on any atom is -0.480 e. The first kappa shape index (κ1) is 15.3. The Labute approximate surface area is 112 Å². The van der Waals surface area contributed by atoms with Gasteiger partial charge in [0, 0.05) is 26.1 Å². The van der Waals surface area contributed by atoms with Gasteiger partial charge < -0.3 is 20.6 Å². The molecule has 1 aliphatic rings. The number of carboxylic acid groups (broad SMARTS) is 1. The van der Waals surface area contributed by atoms with Crippen LogP contribution in [-0.2, 0) is 9.59 Å². The Morgan fingerprint density at radius 1 is 1.37 bits per heavy atom. The second-order valence-electron chi connectivity index (χ2n) is 5.67. The van der Waals surface area contributed by atoms with Crippen molar-refractivity contribution in [3.05, 3.63) is 0 Å². The zero-order valence-electron chi connectivity index (χ0n) is 11.5. The summed E-state index contributed by atoms with van der Waals surface area (Å²) < 4.78 is 0. The lowest BCUT2D eigenvalue weighted by Crippen LogP contribution is -2.53. The number of rotatable bonds is 2. The molecular formula is C12H21N3O4. The molecule has 0 aromatic heterocycles. The average molecular weight is 271 g/mol. The van der Waals surface area contributed by atoms with E-state index >= 15 is 0 Å². The highest BCUT2D eigenvalue weighted by molar-refractivity contribution is 5.84. The van der Waals surface area contributed by atoms with Gasteiger partial charge in [-0.1, -0.05) is 20.8 Å². The van der Waals surface area contributed by atoms with Crippen molar-refractivity contribution in [3.63, 3.8) is 0 Å². The Morgan fingerprint density at radius 2 is 2.00 bits per heavy atom. The fourth-order valence-electron chi connectivity index (χ4n) is 1.83. The van der Waals surface area contributed by atoms with E-state index in [4.69, 9.17) is 5.11 Å². The van der Waals surface area contributed by atoms with Gasteiger partial charge in [-0.2, -0.15) is 0 Å². The Balaban J connectivity index is 2.66. The predicted octanol–water partition coefficient (Wildman–Crippen LogP) is 0.0172. The van der Waals surface area contributed by atoms with Crippen molar-refractivity contribution >= 4 is 17.9 Å². The molecule has 1 heterocycles. The van der Waals surface area contributed by atoms with Gasteiger partial charge in [0.25, 0.3) is 0 Å². The van der Waals surface area contributed by atoms with E-state index in [0.717, 1.165) is 0 Å². The fourth-order valence-corrected chi connectivity index (χ4v) is 1.83. The van der Waals surface area contributed by atoms with Gasteiger partial charge in [0.2, 0.25) is 5.91 Å². The summed E-state index contributed by atoms with van der Waals surface area (Å²) >= 11 is 0. The number of amides is 3. The van der Waals surface area contributed by atoms with Crippen LogP contribution >= 0.6 is 0 Å². The first-order valence-electron chi connectivity index (χ1n) is 6.27. The third-order valence-electron chi connectivity index (χ3n) is 2.98. The number of carboxylic acids is 1. The van der Waals surface area contributed by atoms with Crippen molar-refractivity contribution in [2.75, 3.05) is 19.6 Å². The molecule has 3 N–H and O–H groups in total. The number of hydrogen-bond donors (Lipinski definition) is 3. The van der Waals surface area contributed by atoms with Gasteiger partial charge in [-0.15, -0.1) is 0 Å². The molecule has 7 nitrogen and oxygen atoms in total. The first-order chi connectivity index (χ1) is 8.71.